The molecule has 9 nitrogen and oxygen atoms in total. The van der Waals surface area contributed by atoms with Crippen LogP contribution in [0.1, 0.15) is 41.6 Å². The van der Waals surface area contributed by atoms with Gasteiger partial charge in [-0.05, 0) is 55.8 Å². The Morgan fingerprint density at radius 2 is 1.85 bits per heavy atom. The Kier molecular flexibility index (Phi) is 7.84. The van der Waals surface area contributed by atoms with Gasteiger partial charge in [-0.15, -0.1) is 0 Å². The number of carbonyl (C=O) groups is 2. The monoisotopic (exact) mass is 570 g/mol. The van der Waals surface area contributed by atoms with Crippen molar-refractivity contribution < 1.29 is 28.6 Å². The van der Waals surface area contributed by atoms with Crippen LogP contribution in [0.15, 0.2) is 98.8 Å². The lowest BCUT2D eigenvalue weighted by Crippen LogP contribution is -2.39. The van der Waals surface area contributed by atoms with Gasteiger partial charge < -0.3 is 19.0 Å². The van der Waals surface area contributed by atoms with E-state index in [0.29, 0.717) is 50.0 Å². The van der Waals surface area contributed by atoms with Gasteiger partial charge in [0.05, 0.1) is 34.0 Å². The van der Waals surface area contributed by atoms with Crippen molar-refractivity contribution in [1.29, 1.82) is 0 Å². The van der Waals surface area contributed by atoms with Gasteiger partial charge in [0.15, 0.2) is 4.80 Å². The van der Waals surface area contributed by atoms with Crippen LogP contribution in [0, 0.1) is 0 Å². The van der Waals surface area contributed by atoms with Crippen molar-refractivity contribution in [3.05, 3.63) is 121 Å². The largest absolute Gasteiger partial charge is 0.490 e. The van der Waals surface area contributed by atoms with Crippen molar-refractivity contribution in [2.45, 2.75) is 19.9 Å². The second kappa shape index (κ2) is 11.6. The summed E-state index contributed by atoms with van der Waals surface area (Å²) in [6, 6.07) is 16.2. The molecule has 208 valence electrons. The number of hydrogen-bond acceptors (Lipinski definition) is 8. The summed E-state index contributed by atoms with van der Waals surface area (Å²) in [5, 5.41) is 9.13. The van der Waals surface area contributed by atoms with E-state index in [1.807, 2.05) is 12.1 Å². The van der Waals surface area contributed by atoms with Crippen molar-refractivity contribution >= 4 is 29.4 Å². The number of nitrogens with zero attached hydrogens (tertiary/aromatic N) is 2. The zero-order chi connectivity index (χ0) is 29.1. The van der Waals surface area contributed by atoms with Crippen molar-refractivity contribution in [1.82, 2.24) is 4.57 Å². The fourth-order valence-electron chi connectivity index (χ4n) is 4.50. The summed E-state index contributed by atoms with van der Waals surface area (Å²) in [5.41, 5.74) is 2.00. The summed E-state index contributed by atoms with van der Waals surface area (Å²) in [6.07, 6.45) is 3.28. The minimum atomic E-state index is -1.01. The molecule has 0 spiro atoms. The quantitative estimate of drug-likeness (QED) is 0.235. The van der Waals surface area contributed by atoms with E-state index < -0.39 is 18.0 Å². The van der Waals surface area contributed by atoms with Crippen LogP contribution in [0.2, 0.25) is 0 Å². The highest BCUT2D eigenvalue weighted by molar-refractivity contribution is 7.07. The number of carbonyl (C=O) groups excluding carboxylic acids is 1. The van der Waals surface area contributed by atoms with E-state index in [-0.39, 0.29) is 23.3 Å². The lowest BCUT2D eigenvalue weighted by Gasteiger charge is -2.24. The lowest BCUT2D eigenvalue weighted by molar-refractivity contribution is -0.139. The van der Waals surface area contributed by atoms with E-state index >= 15 is 0 Å². The second-order valence-electron chi connectivity index (χ2n) is 9.06. The maximum atomic E-state index is 13.8. The average Bonchev–Trinajstić information content (AvgIpc) is 3.55. The molecule has 1 atom stereocenters. The molecule has 0 saturated heterocycles. The van der Waals surface area contributed by atoms with Crippen LogP contribution in [0.3, 0.4) is 0 Å². The molecule has 2 aromatic heterocycles. The number of esters is 1. The fraction of sp³-hybridized carbons (Fsp3) is 0.161. The van der Waals surface area contributed by atoms with Crippen LogP contribution < -0.4 is 19.6 Å². The number of ether oxygens (including phenoxy) is 2. The van der Waals surface area contributed by atoms with Crippen LogP contribution in [-0.4, -0.2) is 34.8 Å². The number of fused-ring (bicyclic) bond motifs is 1. The Morgan fingerprint density at radius 1 is 1.12 bits per heavy atom. The maximum Gasteiger partial charge on any atom is 0.338 e. The molecule has 0 amide bonds. The highest BCUT2D eigenvalue weighted by Crippen LogP contribution is 2.32. The molecule has 0 fully saturated rings. The van der Waals surface area contributed by atoms with Crippen LogP contribution in [0.5, 0.6) is 5.75 Å². The van der Waals surface area contributed by atoms with Gasteiger partial charge in [0.1, 0.15) is 23.9 Å². The SMILES string of the molecule is C=CCOc1ccc([C@@H]2C(C(=O)OCC)=C(C)N=c3s/c(=C\c4ccc(-c5ccc(C(=O)O)cc5)o4)c(=O)n32)cc1. The van der Waals surface area contributed by atoms with Gasteiger partial charge in [-0.2, -0.15) is 0 Å². The second-order valence-corrected chi connectivity index (χ2v) is 10.1. The normalized spacial score (nSPS) is 14.8. The van der Waals surface area contributed by atoms with Crippen molar-refractivity contribution in [3.63, 3.8) is 0 Å². The Bertz CT molecular complexity index is 1840. The van der Waals surface area contributed by atoms with Crippen LogP contribution in [0.4, 0.5) is 0 Å². The van der Waals surface area contributed by atoms with Gasteiger partial charge in [0.2, 0.25) is 0 Å². The van der Waals surface area contributed by atoms with Gasteiger partial charge in [0.25, 0.3) is 5.56 Å². The van der Waals surface area contributed by atoms with Gasteiger partial charge in [-0.3, -0.25) is 9.36 Å². The van der Waals surface area contributed by atoms with Crippen molar-refractivity contribution in [2.75, 3.05) is 13.2 Å². The molecule has 2 aromatic carbocycles. The third-order valence-electron chi connectivity index (χ3n) is 6.40. The smallest absolute Gasteiger partial charge is 0.338 e. The molecule has 0 radical (unpaired) electrons. The highest BCUT2D eigenvalue weighted by Gasteiger charge is 2.33. The van der Waals surface area contributed by atoms with E-state index in [1.165, 1.54) is 28.0 Å². The van der Waals surface area contributed by atoms with Crippen LogP contribution in [0.25, 0.3) is 17.4 Å². The number of rotatable bonds is 9. The van der Waals surface area contributed by atoms with Crippen molar-refractivity contribution in [3.8, 4) is 17.1 Å². The average molecular weight is 571 g/mol. The number of thiazole rings is 1. The summed E-state index contributed by atoms with van der Waals surface area (Å²) in [7, 11) is 0. The zero-order valence-corrected chi connectivity index (χ0v) is 23.1. The predicted molar refractivity (Wildman–Crippen MR) is 154 cm³/mol. The molecule has 3 heterocycles. The molecule has 0 aliphatic carbocycles. The number of furan rings is 1. The molecule has 41 heavy (non-hydrogen) atoms. The molecule has 1 N–H and O–H groups in total. The van der Waals surface area contributed by atoms with E-state index in [2.05, 4.69) is 11.6 Å². The number of benzene rings is 2. The Hall–Kier alpha value is -4.96. The molecule has 10 heteroatoms. The number of aromatic carboxylic acids is 1. The molecular formula is C31H26N2O7S. The topological polar surface area (TPSA) is 120 Å². The first-order valence-corrected chi connectivity index (χ1v) is 13.6. The summed E-state index contributed by atoms with van der Waals surface area (Å²) in [4.78, 5) is 43.0. The van der Waals surface area contributed by atoms with Crippen LogP contribution in [-0.2, 0) is 9.53 Å². The number of carboxylic acids is 1. The number of hydrogen-bond donors (Lipinski definition) is 1. The maximum absolute atomic E-state index is 13.8. The van der Waals surface area contributed by atoms with Gasteiger partial charge >= 0.3 is 11.9 Å². The molecular weight excluding hydrogens is 544 g/mol. The number of aromatic nitrogens is 1. The lowest BCUT2D eigenvalue weighted by atomic mass is 9.96. The molecule has 5 rings (SSSR count). The summed E-state index contributed by atoms with van der Waals surface area (Å²) in [5.74, 6) is 0.0474. The third-order valence-corrected chi connectivity index (χ3v) is 7.38. The van der Waals surface area contributed by atoms with E-state index in [0.717, 1.165) is 0 Å². The van der Waals surface area contributed by atoms with Gasteiger partial charge in [-0.1, -0.05) is 48.3 Å². The number of carboxylic acid groups (broad SMARTS) is 1. The summed E-state index contributed by atoms with van der Waals surface area (Å²) in [6.45, 7) is 7.64. The minimum absolute atomic E-state index is 0.174. The Balaban J connectivity index is 1.57. The third kappa shape index (κ3) is 5.55. The fourth-order valence-corrected chi connectivity index (χ4v) is 5.53. The van der Waals surface area contributed by atoms with E-state index in [4.69, 9.17) is 19.0 Å². The van der Waals surface area contributed by atoms with E-state index in [1.54, 1.807) is 62.4 Å². The summed E-state index contributed by atoms with van der Waals surface area (Å²) >= 11 is 1.19. The molecule has 1 aliphatic heterocycles. The molecule has 4 aromatic rings. The van der Waals surface area contributed by atoms with Gasteiger partial charge in [0, 0.05) is 11.6 Å². The first-order valence-electron chi connectivity index (χ1n) is 12.8. The molecule has 0 unspecified atom stereocenters. The highest BCUT2D eigenvalue weighted by atomic mass is 32.1. The van der Waals surface area contributed by atoms with Crippen LogP contribution >= 0.6 is 11.3 Å². The Labute approximate surface area is 238 Å². The first kappa shape index (κ1) is 27.6. The summed E-state index contributed by atoms with van der Waals surface area (Å²) < 4.78 is 18.8. The Morgan fingerprint density at radius 3 is 2.51 bits per heavy atom. The first-order chi connectivity index (χ1) is 19.8. The molecule has 1 aliphatic rings. The zero-order valence-electron chi connectivity index (χ0n) is 22.3. The minimum Gasteiger partial charge on any atom is -0.490 e. The predicted octanol–water partition coefficient (Wildman–Crippen LogP) is 4.32. The van der Waals surface area contributed by atoms with Crippen molar-refractivity contribution in [2.24, 2.45) is 4.99 Å². The standard InChI is InChI=1S/C31H26N2O7S/c1-4-16-39-22-12-10-20(11-13-22)27-26(30(37)38-5-2)18(3)32-31-33(27)28(34)25(41-31)17-23-14-15-24(40-23)19-6-8-21(9-7-19)29(35)36/h4,6-15,17,27H,1,5,16H2,2-3H3,(H,35,36)/b25-17-/t27-/m1/s1. The number of allylic oxidation sites excluding steroid dienone is 1. The molecule has 0 saturated carbocycles. The van der Waals surface area contributed by atoms with E-state index in [9.17, 15) is 14.4 Å². The van der Waals surface area contributed by atoms with Gasteiger partial charge in [-0.25, -0.2) is 14.6 Å². The molecule has 0 bridgehead atoms.